The van der Waals surface area contributed by atoms with E-state index in [2.05, 4.69) is 4.90 Å². The van der Waals surface area contributed by atoms with Crippen molar-refractivity contribution in [3.05, 3.63) is 29.3 Å². The van der Waals surface area contributed by atoms with Gasteiger partial charge in [-0.2, -0.15) is 0 Å². The smallest absolute Gasteiger partial charge is 0.410 e. The Kier molecular flexibility index (Phi) is 7.01. The van der Waals surface area contributed by atoms with Crippen molar-refractivity contribution in [1.29, 1.82) is 0 Å². The third-order valence-electron chi connectivity index (χ3n) is 3.10. The third-order valence-corrected chi connectivity index (χ3v) is 3.34. The van der Waals surface area contributed by atoms with Crippen LogP contribution in [0.3, 0.4) is 0 Å². The van der Waals surface area contributed by atoms with Gasteiger partial charge in [-0.25, -0.2) is 4.79 Å². The van der Waals surface area contributed by atoms with E-state index in [0.29, 0.717) is 13.1 Å². The van der Waals surface area contributed by atoms with Gasteiger partial charge in [0, 0.05) is 36.9 Å². The largest absolute Gasteiger partial charge is 0.444 e. The van der Waals surface area contributed by atoms with Crippen molar-refractivity contribution >= 4 is 23.4 Å². The van der Waals surface area contributed by atoms with Gasteiger partial charge in [-0.3, -0.25) is 0 Å². The summed E-state index contributed by atoms with van der Waals surface area (Å²) in [4.78, 5) is 16.0. The summed E-state index contributed by atoms with van der Waals surface area (Å²) in [5.41, 5.74) is 0.655. The van der Waals surface area contributed by atoms with Crippen LogP contribution in [0.2, 0.25) is 5.02 Å². The quantitative estimate of drug-likeness (QED) is 0.765. The molecule has 1 amide bonds. The Bertz CT molecular complexity index is 478. The number of hydrogen-bond acceptors (Lipinski definition) is 3. The average molecular weight is 327 g/mol. The third kappa shape index (κ3) is 5.76. The van der Waals surface area contributed by atoms with Crippen molar-refractivity contribution in [1.82, 2.24) is 4.90 Å². The fourth-order valence-electron chi connectivity index (χ4n) is 2.15. The minimum atomic E-state index is -0.443. The first-order chi connectivity index (χ1) is 10.3. The lowest BCUT2D eigenvalue weighted by molar-refractivity contribution is 0.0240. The van der Waals surface area contributed by atoms with Crippen LogP contribution in [0.1, 0.15) is 34.6 Å². The van der Waals surface area contributed by atoms with Crippen molar-refractivity contribution in [3.63, 3.8) is 0 Å². The molecule has 1 fully saturated rings. The highest BCUT2D eigenvalue weighted by Crippen LogP contribution is 2.21. The number of piperazine rings is 1. The molecule has 0 unspecified atom stereocenters. The Labute approximate surface area is 139 Å². The van der Waals surface area contributed by atoms with E-state index in [0.717, 1.165) is 23.8 Å². The number of amides is 1. The van der Waals surface area contributed by atoms with E-state index in [4.69, 9.17) is 16.3 Å². The number of hydrogen-bond donors (Lipinski definition) is 0. The Balaban J connectivity index is 0.00000116. The highest BCUT2D eigenvalue weighted by molar-refractivity contribution is 6.30. The van der Waals surface area contributed by atoms with Gasteiger partial charge in [0.25, 0.3) is 0 Å². The molecule has 1 aromatic carbocycles. The lowest BCUT2D eigenvalue weighted by atomic mass is 10.2. The molecule has 4 nitrogen and oxygen atoms in total. The molecule has 0 atom stereocenters. The molecule has 1 heterocycles. The van der Waals surface area contributed by atoms with Gasteiger partial charge in [0.1, 0.15) is 5.60 Å². The van der Waals surface area contributed by atoms with Crippen LogP contribution >= 0.6 is 11.6 Å². The monoisotopic (exact) mass is 326 g/mol. The van der Waals surface area contributed by atoms with E-state index >= 15 is 0 Å². The topological polar surface area (TPSA) is 32.8 Å². The summed E-state index contributed by atoms with van der Waals surface area (Å²) >= 11 is 6.00. The molecule has 0 bridgehead atoms. The van der Waals surface area contributed by atoms with E-state index in [1.165, 1.54) is 0 Å². The summed E-state index contributed by atoms with van der Waals surface area (Å²) in [5, 5.41) is 0.733. The van der Waals surface area contributed by atoms with Crippen LogP contribution in [0.25, 0.3) is 0 Å². The van der Waals surface area contributed by atoms with E-state index in [9.17, 15) is 4.79 Å². The Hall–Kier alpha value is -1.42. The number of anilines is 1. The number of carbonyl (C=O) groups is 1. The number of halogens is 1. The highest BCUT2D eigenvalue weighted by Gasteiger charge is 2.25. The van der Waals surface area contributed by atoms with Gasteiger partial charge in [-0.15, -0.1) is 0 Å². The zero-order valence-corrected chi connectivity index (χ0v) is 15.0. The van der Waals surface area contributed by atoms with Gasteiger partial charge >= 0.3 is 6.09 Å². The summed E-state index contributed by atoms with van der Waals surface area (Å²) in [5.74, 6) is 0. The summed E-state index contributed by atoms with van der Waals surface area (Å²) in [6.45, 7) is 12.6. The summed E-state index contributed by atoms with van der Waals surface area (Å²) < 4.78 is 5.38. The van der Waals surface area contributed by atoms with Crippen molar-refractivity contribution in [2.45, 2.75) is 40.2 Å². The molecule has 0 spiro atoms. The van der Waals surface area contributed by atoms with Crippen LogP contribution < -0.4 is 4.90 Å². The predicted molar refractivity (Wildman–Crippen MR) is 92.8 cm³/mol. The standard InChI is InChI=1S/C15H21ClN2O2.C2H6/c1-15(2,3)20-14(19)18-9-7-17(8-10-18)13-6-4-5-12(16)11-13;1-2/h4-6,11H,7-10H2,1-3H3;1-2H3. The average Bonchev–Trinajstić information content (AvgIpc) is 2.48. The summed E-state index contributed by atoms with van der Waals surface area (Å²) in [6.07, 6.45) is -0.233. The van der Waals surface area contributed by atoms with Crippen LogP contribution in [-0.4, -0.2) is 42.8 Å². The Morgan fingerprint density at radius 3 is 2.23 bits per heavy atom. The second-order valence-corrected chi connectivity index (χ2v) is 6.37. The molecule has 1 aliphatic rings. The van der Waals surface area contributed by atoms with Crippen molar-refractivity contribution in [2.75, 3.05) is 31.1 Å². The minimum Gasteiger partial charge on any atom is -0.444 e. The van der Waals surface area contributed by atoms with Crippen molar-refractivity contribution < 1.29 is 9.53 Å². The second kappa shape index (κ2) is 8.28. The van der Waals surface area contributed by atoms with Crippen molar-refractivity contribution in [3.8, 4) is 0 Å². The Morgan fingerprint density at radius 2 is 1.73 bits per heavy atom. The maximum atomic E-state index is 12.0. The minimum absolute atomic E-state index is 0.233. The maximum Gasteiger partial charge on any atom is 0.410 e. The van der Waals surface area contributed by atoms with Gasteiger partial charge in [0.15, 0.2) is 0 Å². The lowest BCUT2D eigenvalue weighted by Gasteiger charge is -2.36. The van der Waals surface area contributed by atoms with E-state index < -0.39 is 5.60 Å². The van der Waals surface area contributed by atoms with Gasteiger partial charge in [0.05, 0.1) is 0 Å². The molecule has 0 radical (unpaired) electrons. The molecule has 0 saturated carbocycles. The number of benzene rings is 1. The zero-order chi connectivity index (χ0) is 16.8. The van der Waals surface area contributed by atoms with E-state index in [1.54, 1.807) is 4.90 Å². The molecular formula is C17H27ClN2O2. The normalized spacial score (nSPS) is 15.0. The molecule has 5 heteroatoms. The van der Waals surface area contributed by atoms with Crippen LogP contribution in [0, 0.1) is 0 Å². The number of carbonyl (C=O) groups excluding carboxylic acids is 1. The van der Waals surface area contributed by atoms with Gasteiger partial charge in [-0.1, -0.05) is 31.5 Å². The van der Waals surface area contributed by atoms with Crippen LogP contribution in [0.15, 0.2) is 24.3 Å². The molecule has 2 rings (SSSR count). The first-order valence-corrected chi connectivity index (χ1v) is 8.21. The van der Waals surface area contributed by atoms with Gasteiger partial charge < -0.3 is 14.5 Å². The molecule has 0 N–H and O–H groups in total. The highest BCUT2D eigenvalue weighted by atomic mass is 35.5. The second-order valence-electron chi connectivity index (χ2n) is 5.93. The van der Waals surface area contributed by atoms with Crippen molar-refractivity contribution in [2.24, 2.45) is 0 Å². The zero-order valence-electron chi connectivity index (χ0n) is 14.2. The van der Waals surface area contributed by atoms with Gasteiger partial charge in [-0.05, 0) is 39.0 Å². The number of ether oxygens (including phenoxy) is 1. The Morgan fingerprint density at radius 1 is 1.14 bits per heavy atom. The number of nitrogens with zero attached hydrogens (tertiary/aromatic N) is 2. The fraction of sp³-hybridized carbons (Fsp3) is 0.588. The summed E-state index contributed by atoms with van der Waals surface area (Å²) in [6, 6.07) is 7.79. The molecule has 1 saturated heterocycles. The van der Waals surface area contributed by atoms with Crippen LogP contribution in [0.5, 0.6) is 0 Å². The molecule has 22 heavy (non-hydrogen) atoms. The van der Waals surface area contributed by atoms with Crippen LogP contribution in [0.4, 0.5) is 10.5 Å². The number of rotatable bonds is 1. The molecule has 0 aliphatic carbocycles. The molecule has 1 aliphatic heterocycles. The molecule has 1 aromatic rings. The maximum absolute atomic E-state index is 12.0. The lowest BCUT2D eigenvalue weighted by Crippen LogP contribution is -2.50. The molecular weight excluding hydrogens is 300 g/mol. The first-order valence-electron chi connectivity index (χ1n) is 7.83. The first kappa shape index (κ1) is 18.6. The van der Waals surface area contributed by atoms with Crippen LogP contribution in [-0.2, 0) is 4.74 Å². The molecule has 0 aromatic heterocycles. The fourth-order valence-corrected chi connectivity index (χ4v) is 2.33. The van der Waals surface area contributed by atoms with E-state index in [1.807, 2.05) is 58.9 Å². The predicted octanol–water partition coefficient (Wildman–Crippen LogP) is 4.42. The van der Waals surface area contributed by atoms with Gasteiger partial charge in [0.2, 0.25) is 0 Å². The van der Waals surface area contributed by atoms with E-state index in [-0.39, 0.29) is 6.09 Å². The molecule has 124 valence electrons. The summed E-state index contributed by atoms with van der Waals surface area (Å²) in [7, 11) is 0. The SMILES string of the molecule is CC.CC(C)(C)OC(=O)N1CCN(c2cccc(Cl)c2)CC1.